The molecule has 0 aliphatic rings. The Morgan fingerprint density at radius 1 is 1.19 bits per heavy atom. The molecule has 8 heteroatoms. The summed E-state index contributed by atoms with van der Waals surface area (Å²) in [5.41, 5.74) is 2.83. The van der Waals surface area contributed by atoms with Crippen molar-refractivity contribution >= 4 is 29.3 Å². The zero-order chi connectivity index (χ0) is 19.8. The number of carbonyl (C=O) groups excluding carboxylic acids is 2. The SMILES string of the molecule is C=CCNC(=O)Cc1cc(=O)[nH]c(SCC(=O)Nc2cc(C)cc(C)c2)n1. The van der Waals surface area contributed by atoms with Gasteiger partial charge in [0.15, 0.2) is 5.16 Å². The number of carbonyl (C=O) groups is 2. The zero-order valence-corrected chi connectivity index (χ0v) is 16.1. The molecule has 1 aromatic heterocycles. The maximum Gasteiger partial charge on any atom is 0.251 e. The lowest BCUT2D eigenvalue weighted by Gasteiger charge is -2.08. The van der Waals surface area contributed by atoms with Crippen LogP contribution in [0, 0.1) is 13.8 Å². The average Bonchev–Trinajstić information content (AvgIpc) is 2.56. The maximum atomic E-state index is 12.1. The Kier molecular flexibility index (Phi) is 7.36. The zero-order valence-electron chi connectivity index (χ0n) is 15.3. The van der Waals surface area contributed by atoms with E-state index in [0.717, 1.165) is 28.6 Å². The second-order valence-corrected chi connectivity index (χ2v) is 6.99. The first-order valence-corrected chi connectivity index (χ1v) is 9.33. The van der Waals surface area contributed by atoms with Crippen LogP contribution in [0.2, 0.25) is 0 Å². The van der Waals surface area contributed by atoms with Crippen molar-refractivity contribution in [1.82, 2.24) is 15.3 Å². The van der Waals surface area contributed by atoms with Crippen LogP contribution in [-0.2, 0) is 16.0 Å². The van der Waals surface area contributed by atoms with Crippen molar-refractivity contribution in [3.05, 3.63) is 64.1 Å². The molecule has 0 saturated carbocycles. The molecule has 2 amide bonds. The van der Waals surface area contributed by atoms with Crippen molar-refractivity contribution in [2.45, 2.75) is 25.4 Å². The first-order chi connectivity index (χ1) is 12.9. The summed E-state index contributed by atoms with van der Waals surface area (Å²) in [4.78, 5) is 42.4. The summed E-state index contributed by atoms with van der Waals surface area (Å²) in [5.74, 6) is -0.375. The second kappa shape index (κ2) is 9.72. The molecule has 2 aromatic rings. The number of hydrogen-bond donors (Lipinski definition) is 3. The van der Waals surface area contributed by atoms with E-state index in [1.807, 2.05) is 32.0 Å². The Morgan fingerprint density at radius 3 is 2.56 bits per heavy atom. The molecule has 0 bridgehead atoms. The topological polar surface area (TPSA) is 104 Å². The molecule has 7 nitrogen and oxygen atoms in total. The summed E-state index contributed by atoms with van der Waals surface area (Å²) in [6.07, 6.45) is 1.55. The number of aromatic nitrogens is 2. The fraction of sp³-hybridized carbons (Fsp3) is 0.263. The molecule has 0 spiro atoms. The Bertz CT molecular complexity index is 888. The highest BCUT2D eigenvalue weighted by Gasteiger charge is 2.10. The molecule has 2 rings (SSSR count). The fourth-order valence-electron chi connectivity index (χ4n) is 2.43. The van der Waals surface area contributed by atoms with Crippen LogP contribution in [0.15, 0.2) is 46.9 Å². The summed E-state index contributed by atoms with van der Waals surface area (Å²) >= 11 is 1.10. The van der Waals surface area contributed by atoms with Crippen molar-refractivity contribution in [3.63, 3.8) is 0 Å². The number of aryl methyl sites for hydroxylation is 2. The molecule has 0 radical (unpaired) electrons. The van der Waals surface area contributed by atoms with E-state index >= 15 is 0 Å². The van der Waals surface area contributed by atoms with E-state index in [-0.39, 0.29) is 29.5 Å². The predicted octanol–water partition coefficient (Wildman–Crippen LogP) is 1.96. The van der Waals surface area contributed by atoms with Gasteiger partial charge in [-0.3, -0.25) is 14.4 Å². The number of benzene rings is 1. The molecule has 0 aliphatic carbocycles. The van der Waals surface area contributed by atoms with Gasteiger partial charge in [0.2, 0.25) is 11.8 Å². The highest BCUT2D eigenvalue weighted by atomic mass is 32.2. The van der Waals surface area contributed by atoms with Crippen LogP contribution in [0.1, 0.15) is 16.8 Å². The van der Waals surface area contributed by atoms with Gasteiger partial charge in [-0.15, -0.1) is 6.58 Å². The number of thioether (sulfide) groups is 1. The first kappa shape index (κ1) is 20.4. The minimum absolute atomic E-state index is 0.0138. The monoisotopic (exact) mass is 386 g/mol. The van der Waals surface area contributed by atoms with Crippen molar-refractivity contribution in [3.8, 4) is 0 Å². The van der Waals surface area contributed by atoms with E-state index in [9.17, 15) is 14.4 Å². The summed E-state index contributed by atoms with van der Waals surface area (Å²) in [6, 6.07) is 7.07. The molecule has 1 heterocycles. The Morgan fingerprint density at radius 2 is 1.89 bits per heavy atom. The van der Waals surface area contributed by atoms with E-state index in [1.165, 1.54) is 6.07 Å². The summed E-state index contributed by atoms with van der Waals surface area (Å²) in [5, 5.41) is 5.75. The van der Waals surface area contributed by atoms with Crippen LogP contribution in [0.3, 0.4) is 0 Å². The van der Waals surface area contributed by atoms with Gasteiger partial charge < -0.3 is 15.6 Å². The molecule has 0 aliphatic heterocycles. The van der Waals surface area contributed by atoms with Gasteiger partial charge in [-0.05, 0) is 37.1 Å². The van der Waals surface area contributed by atoms with E-state index < -0.39 is 0 Å². The quantitative estimate of drug-likeness (QED) is 0.366. The molecule has 3 N–H and O–H groups in total. The number of amides is 2. The fourth-order valence-corrected chi connectivity index (χ4v) is 3.13. The smallest absolute Gasteiger partial charge is 0.251 e. The number of rotatable bonds is 8. The molecule has 27 heavy (non-hydrogen) atoms. The Hall–Kier alpha value is -2.87. The average molecular weight is 386 g/mol. The third-order valence-electron chi connectivity index (χ3n) is 3.40. The molecule has 1 aromatic carbocycles. The van der Waals surface area contributed by atoms with Gasteiger partial charge in [0.1, 0.15) is 0 Å². The van der Waals surface area contributed by atoms with Gasteiger partial charge in [0, 0.05) is 18.3 Å². The molecule has 0 saturated heterocycles. The lowest BCUT2D eigenvalue weighted by molar-refractivity contribution is -0.120. The van der Waals surface area contributed by atoms with Crippen LogP contribution >= 0.6 is 11.8 Å². The van der Waals surface area contributed by atoms with Crippen LogP contribution in [0.4, 0.5) is 5.69 Å². The molecular weight excluding hydrogens is 364 g/mol. The normalized spacial score (nSPS) is 10.3. The van der Waals surface area contributed by atoms with E-state index in [4.69, 9.17) is 0 Å². The number of hydrogen-bond acceptors (Lipinski definition) is 5. The lowest BCUT2D eigenvalue weighted by atomic mass is 10.1. The van der Waals surface area contributed by atoms with Gasteiger partial charge in [0.05, 0.1) is 17.9 Å². The highest BCUT2D eigenvalue weighted by Crippen LogP contribution is 2.16. The van der Waals surface area contributed by atoms with E-state index in [1.54, 1.807) is 6.08 Å². The van der Waals surface area contributed by atoms with Gasteiger partial charge in [0.25, 0.3) is 5.56 Å². The molecular formula is C19H22N4O3S. The second-order valence-electron chi connectivity index (χ2n) is 6.02. The van der Waals surface area contributed by atoms with Crippen LogP contribution in [0.5, 0.6) is 0 Å². The van der Waals surface area contributed by atoms with Crippen LogP contribution in [0.25, 0.3) is 0 Å². The van der Waals surface area contributed by atoms with Crippen molar-refractivity contribution in [2.24, 2.45) is 0 Å². The Balaban J connectivity index is 1.96. The standard InChI is InChI=1S/C19H22N4O3S/c1-4-5-20-16(24)9-15-10-17(25)23-19(22-15)27-11-18(26)21-14-7-12(2)6-13(3)8-14/h4,6-8,10H,1,5,9,11H2,2-3H3,(H,20,24)(H,21,26)(H,22,23,25). The molecule has 0 atom stereocenters. The van der Waals surface area contributed by atoms with Crippen molar-refractivity contribution < 1.29 is 9.59 Å². The van der Waals surface area contributed by atoms with Gasteiger partial charge in [-0.25, -0.2) is 4.98 Å². The van der Waals surface area contributed by atoms with Gasteiger partial charge in [-0.2, -0.15) is 0 Å². The molecule has 0 fully saturated rings. The molecule has 0 unspecified atom stereocenters. The number of anilines is 1. The number of nitrogens with zero attached hydrogens (tertiary/aromatic N) is 1. The summed E-state index contributed by atoms with van der Waals surface area (Å²) in [6.45, 7) is 7.79. The number of nitrogens with one attached hydrogen (secondary N) is 3. The number of H-pyrrole nitrogens is 1. The van der Waals surface area contributed by atoms with Crippen molar-refractivity contribution in [1.29, 1.82) is 0 Å². The first-order valence-electron chi connectivity index (χ1n) is 8.34. The lowest BCUT2D eigenvalue weighted by Crippen LogP contribution is -2.26. The van der Waals surface area contributed by atoms with E-state index in [2.05, 4.69) is 27.2 Å². The van der Waals surface area contributed by atoms with Crippen molar-refractivity contribution in [2.75, 3.05) is 17.6 Å². The van der Waals surface area contributed by atoms with Crippen LogP contribution in [-0.4, -0.2) is 34.1 Å². The van der Waals surface area contributed by atoms with Crippen LogP contribution < -0.4 is 16.2 Å². The summed E-state index contributed by atoms with van der Waals surface area (Å²) < 4.78 is 0. The van der Waals surface area contributed by atoms with Gasteiger partial charge >= 0.3 is 0 Å². The number of aromatic amines is 1. The minimum atomic E-state index is -0.367. The minimum Gasteiger partial charge on any atom is -0.352 e. The Labute approximate surface area is 161 Å². The summed E-state index contributed by atoms with van der Waals surface area (Å²) in [7, 11) is 0. The third-order valence-corrected chi connectivity index (χ3v) is 4.28. The van der Waals surface area contributed by atoms with Gasteiger partial charge in [-0.1, -0.05) is 23.9 Å². The highest BCUT2D eigenvalue weighted by molar-refractivity contribution is 7.99. The predicted molar refractivity (Wildman–Crippen MR) is 107 cm³/mol. The van der Waals surface area contributed by atoms with E-state index in [0.29, 0.717) is 17.4 Å². The third kappa shape index (κ3) is 7.10. The largest absolute Gasteiger partial charge is 0.352 e. The maximum absolute atomic E-state index is 12.1. The molecule has 142 valence electrons.